The number of aliphatic hydroxyl groups is 1. The number of carbonyl (C=O) groups is 1. The Morgan fingerprint density at radius 3 is 2.61 bits per heavy atom. The molecule has 3 aromatic rings. The van der Waals surface area contributed by atoms with Crippen molar-refractivity contribution in [3.05, 3.63) is 68.2 Å². The first kappa shape index (κ1) is 22.7. The predicted molar refractivity (Wildman–Crippen MR) is 115 cm³/mol. The van der Waals surface area contributed by atoms with Crippen LogP contribution in [0.15, 0.2) is 35.3 Å². The highest BCUT2D eigenvalue weighted by molar-refractivity contribution is 6.30. The van der Waals surface area contributed by atoms with E-state index in [2.05, 4.69) is 4.98 Å². The molecule has 0 aliphatic heterocycles. The minimum atomic E-state index is -1.40. The second kappa shape index (κ2) is 9.03. The largest absolute Gasteiger partial charge is 0.481 e. The van der Waals surface area contributed by atoms with Crippen LogP contribution in [0.1, 0.15) is 41.4 Å². The van der Waals surface area contributed by atoms with E-state index in [9.17, 15) is 24.2 Å². The van der Waals surface area contributed by atoms with Crippen LogP contribution in [0.25, 0.3) is 11.0 Å². The number of nitrogens with zero attached hydrogens (tertiary/aromatic N) is 2. The topological polar surface area (TPSA) is 102 Å². The Balaban J connectivity index is 2.33. The van der Waals surface area contributed by atoms with Crippen LogP contribution in [0.2, 0.25) is 5.02 Å². The Hall–Kier alpha value is -2.97. The van der Waals surface area contributed by atoms with E-state index in [-0.39, 0.29) is 35.4 Å². The zero-order valence-corrected chi connectivity index (χ0v) is 18.0. The van der Waals surface area contributed by atoms with Crippen LogP contribution in [0.5, 0.6) is 5.88 Å². The van der Waals surface area contributed by atoms with E-state index in [4.69, 9.17) is 16.3 Å². The summed E-state index contributed by atoms with van der Waals surface area (Å²) in [5.74, 6) is -1.97. The Labute approximate surface area is 182 Å². The number of fused-ring (bicyclic) bond motifs is 1. The van der Waals surface area contributed by atoms with Crippen molar-refractivity contribution >= 4 is 28.6 Å². The summed E-state index contributed by atoms with van der Waals surface area (Å²) in [5, 5.41) is 19.4. The number of aromatic carboxylic acids is 1. The molecule has 1 atom stereocenters. The number of aliphatic hydroxyl groups excluding tert-OH is 1. The van der Waals surface area contributed by atoms with Gasteiger partial charge in [-0.1, -0.05) is 37.6 Å². The van der Waals surface area contributed by atoms with E-state index in [1.54, 1.807) is 18.2 Å². The van der Waals surface area contributed by atoms with Gasteiger partial charge < -0.3 is 19.5 Å². The highest BCUT2D eigenvalue weighted by Crippen LogP contribution is 2.29. The van der Waals surface area contributed by atoms with Gasteiger partial charge in [-0.3, -0.25) is 4.79 Å². The third-order valence-corrected chi connectivity index (χ3v) is 5.49. The molecule has 9 heteroatoms. The summed E-state index contributed by atoms with van der Waals surface area (Å²) in [6.45, 7) is 3.45. The number of ether oxygens (including phenoxy) is 1. The molecule has 1 unspecified atom stereocenters. The van der Waals surface area contributed by atoms with Crippen molar-refractivity contribution in [2.24, 2.45) is 5.92 Å². The Morgan fingerprint density at radius 1 is 1.32 bits per heavy atom. The third-order valence-electron chi connectivity index (χ3n) is 5.20. The monoisotopic (exact) mass is 448 g/mol. The SMILES string of the molecule is COc1nc2c(=O)c(C(=O)O)cn(C(CO)C(C)C)c2cc1Cc1cccc(Cl)c1F. The van der Waals surface area contributed by atoms with Crippen LogP contribution >= 0.6 is 11.6 Å². The molecule has 31 heavy (non-hydrogen) atoms. The van der Waals surface area contributed by atoms with Gasteiger partial charge in [0.05, 0.1) is 30.3 Å². The Kier molecular flexibility index (Phi) is 6.62. The molecular formula is C22H22ClFN2O5. The van der Waals surface area contributed by atoms with E-state index in [0.717, 1.165) is 0 Å². The molecule has 2 heterocycles. The van der Waals surface area contributed by atoms with E-state index < -0.39 is 28.8 Å². The third kappa shape index (κ3) is 4.26. The van der Waals surface area contributed by atoms with E-state index in [0.29, 0.717) is 16.6 Å². The van der Waals surface area contributed by atoms with E-state index >= 15 is 0 Å². The molecule has 0 amide bonds. The summed E-state index contributed by atoms with van der Waals surface area (Å²) < 4.78 is 21.3. The van der Waals surface area contributed by atoms with Crippen molar-refractivity contribution in [1.82, 2.24) is 9.55 Å². The number of benzene rings is 1. The molecule has 0 fully saturated rings. The van der Waals surface area contributed by atoms with Gasteiger partial charge in [0.25, 0.3) is 0 Å². The minimum absolute atomic E-state index is 0.0200. The van der Waals surface area contributed by atoms with Gasteiger partial charge >= 0.3 is 5.97 Å². The number of aromatic nitrogens is 2. The van der Waals surface area contributed by atoms with Crippen molar-refractivity contribution in [1.29, 1.82) is 0 Å². The summed E-state index contributed by atoms with van der Waals surface area (Å²) in [6, 6.07) is 5.75. The lowest BCUT2D eigenvalue weighted by Crippen LogP contribution is -2.26. The molecular weight excluding hydrogens is 427 g/mol. The van der Waals surface area contributed by atoms with Crippen molar-refractivity contribution in [3.8, 4) is 5.88 Å². The fourth-order valence-electron chi connectivity index (χ4n) is 3.52. The molecule has 1 aromatic carbocycles. The van der Waals surface area contributed by atoms with E-state index in [1.165, 1.54) is 23.9 Å². The number of halogens is 2. The molecule has 164 valence electrons. The van der Waals surface area contributed by atoms with Crippen LogP contribution in [0, 0.1) is 11.7 Å². The molecule has 0 saturated heterocycles. The van der Waals surface area contributed by atoms with Crippen LogP contribution in [0.3, 0.4) is 0 Å². The molecule has 0 radical (unpaired) electrons. The standard InChI is InChI=1S/C22H22ClFN2O5/c1-11(2)17(10-27)26-9-14(22(29)30)20(28)19-16(26)8-13(21(25-19)31-3)7-12-5-4-6-15(23)18(12)24/h4-6,8-9,11,17,27H,7,10H2,1-3H3,(H,29,30). The molecule has 0 spiro atoms. The highest BCUT2D eigenvalue weighted by atomic mass is 35.5. The summed E-state index contributed by atoms with van der Waals surface area (Å²) in [4.78, 5) is 28.7. The number of hydrogen-bond donors (Lipinski definition) is 2. The number of pyridine rings is 2. The van der Waals surface area contributed by atoms with Crippen LogP contribution < -0.4 is 10.2 Å². The zero-order chi connectivity index (χ0) is 22.9. The zero-order valence-electron chi connectivity index (χ0n) is 17.2. The quantitative estimate of drug-likeness (QED) is 0.571. The molecule has 2 N–H and O–H groups in total. The second-order valence-electron chi connectivity index (χ2n) is 7.49. The van der Waals surface area contributed by atoms with Gasteiger partial charge in [0, 0.05) is 18.2 Å². The van der Waals surface area contributed by atoms with Crippen LogP contribution in [-0.2, 0) is 6.42 Å². The highest BCUT2D eigenvalue weighted by Gasteiger charge is 2.24. The maximum absolute atomic E-state index is 14.5. The Morgan fingerprint density at radius 2 is 2.03 bits per heavy atom. The van der Waals surface area contributed by atoms with Gasteiger partial charge in [-0.05, 0) is 23.6 Å². The summed E-state index contributed by atoms with van der Waals surface area (Å²) in [7, 11) is 1.36. The molecule has 7 nitrogen and oxygen atoms in total. The lowest BCUT2D eigenvalue weighted by Gasteiger charge is -2.25. The number of hydrogen-bond acceptors (Lipinski definition) is 5. The average Bonchev–Trinajstić information content (AvgIpc) is 2.72. The lowest BCUT2D eigenvalue weighted by atomic mass is 10.0. The second-order valence-corrected chi connectivity index (χ2v) is 7.90. The average molecular weight is 449 g/mol. The maximum Gasteiger partial charge on any atom is 0.341 e. The number of carboxylic acids is 1. The fraction of sp³-hybridized carbons (Fsp3) is 0.318. The molecule has 0 aliphatic rings. The molecule has 3 rings (SSSR count). The van der Waals surface area contributed by atoms with Gasteiger partial charge in [-0.15, -0.1) is 0 Å². The Bertz CT molecular complexity index is 1210. The van der Waals surface area contributed by atoms with Gasteiger partial charge in [0.1, 0.15) is 16.9 Å². The first-order chi connectivity index (χ1) is 14.7. The first-order valence-corrected chi connectivity index (χ1v) is 9.97. The number of methoxy groups -OCH3 is 1. The number of carboxylic acid groups (broad SMARTS) is 1. The van der Waals surface area contributed by atoms with Crippen molar-refractivity contribution in [2.75, 3.05) is 13.7 Å². The number of rotatable bonds is 7. The normalized spacial score (nSPS) is 12.4. The maximum atomic E-state index is 14.5. The smallest absolute Gasteiger partial charge is 0.341 e. The van der Waals surface area contributed by atoms with Crippen LogP contribution in [0.4, 0.5) is 4.39 Å². The summed E-state index contributed by atoms with van der Waals surface area (Å²) in [6.07, 6.45) is 1.30. The first-order valence-electron chi connectivity index (χ1n) is 9.59. The van der Waals surface area contributed by atoms with E-state index in [1.807, 2.05) is 13.8 Å². The summed E-state index contributed by atoms with van der Waals surface area (Å²) >= 11 is 5.89. The van der Waals surface area contributed by atoms with Crippen molar-refractivity contribution in [2.45, 2.75) is 26.3 Å². The summed E-state index contributed by atoms with van der Waals surface area (Å²) in [5.41, 5.74) is -0.224. The van der Waals surface area contributed by atoms with Gasteiger partial charge in [-0.2, -0.15) is 0 Å². The van der Waals surface area contributed by atoms with Crippen molar-refractivity contribution < 1.29 is 24.1 Å². The van der Waals surface area contributed by atoms with Gasteiger partial charge in [-0.25, -0.2) is 14.2 Å². The molecule has 0 aliphatic carbocycles. The van der Waals surface area contributed by atoms with Gasteiger partial charge in [0.15, 0.2) is 0 Å². The fourth-order valence-corrected chi connectivity index (χ4v) is 3.72. The molecule has 0 bridgehead atoms. The minimum Gasteiger partial charge on any atom is -0.481 e. The lowest BCUT2D eigenvalue weighted by molar-refractivity contribution is 0.0694. The predicted octanol–water partition coefficient (Wildman–Crippen LogP) is 3.68. The molecule has 0 saturated carbocycles. The van der Waals surface area contributed by atoms with Crippen LogP contribution in [-0.4, -0.2) is 39.5 Å². The molecule has 2 aromatic heterocycles. The van der Waals surface area contributed by atoms with Crippen molar-refractivity contribution in [3.63, 3.8) is 0 Å². The van der Waals surface area contributed by atoms with Gasteiger partial charge in [0.2, 0.25) is 11.3 Å².